The number of nitrogens with one attached hydrogen (secondary N) is 1. The third kappa shape index (κ3) is 6.74. The van der Waals surface area contributed by atoms with Crippen LogP contribution in [0.25, 0.3) is 17.2 Å². The summed E-state index contributed by atoms with van der Waals surface area (Å²) < 4.78 is 5.05. The predicted molar refractivity (Wildman–Crippen MR) is 139 cm³/mol. The average molecular weight is 493 g/mol. The number of carbonyl (C=O) groups is 2. The van der Waals surface area contributed by atoms with Crippen molar-refractivity contribution in [2.24, 2.45) is 21.4 Å². The van der Waals surface area contributed by atoms with E-state index in [-0.39, 0.29) is 18.4 Å². The highest BCUT2D eigenvalue weighted by molar-refractivity contribution is 5.99. The molecule has 10 heteroatoms. The first-order chi connectivity index (χ1) is 17.5. The summed E-state index contributed by atoms with van der Waals surface area (Å²) in [5, 5.41) is 13.8. The molecule has 0 aromatic heterocycles. The van der Waals surface area contributed by atoms with E-state index in [4.69, 9.17) is 10.6 Å². The van der Waals surface area contributed by atoms with Gasteiger partial charge in [0.25, 0.3) is 0 Å². The molecule has 2 aromatic carbocycles. The number of esters is 1. The van der Waals surface area contributed by atoms with Crippen molar-refractivity contribution in [3.63, 3.8) is 0 Å². The standard InChI is InChI=1S/C26H32N6O4/c1-3-13-32(14-5-12-28-35)25(33)22-15-21-11-10-20(16-23(21)29-24(17-22)30-31-27)18-6-8-19(9-7-18)26(34)36-4-2/h6-11,15-16,24,29H,3-5,12-14,17H2,1-2H3,(H2,27,30). The minimum atomic E-state index is -0.520. The van der Waals surface area contributed by atoms with Crippen LogP contribution in [0.4, 0.5) is 5.69 Å². The van der Waals surface area contributed by atoms with Crippen molar-refractivity contribution in [1.82, 2.24) is 4.90 Å². The number of nitrogens with zero attached hydrogens (tertiary/aromatic N) is 4. The van der Waals surface area contributed by atoms with Gasteiger partial charge in [0.05, 0.1) is 18.7 Å². The van der Waals surface area contributed by atoms with Crippen molar-refractivity contribution < 1.29 is 14.3 Å². The summed E-state index contributed by atoms with van der Waals surface area (Å²) in [7, 11) is 0. The second-order valence-corrected chi connectivity index (χ2v) is 8.36. The summed E-state index contributed by atoms with van der Waals surface area (Å²) in [4.78, 5) is 37.6. The number of nitroso groups, excluding NO2 is 1. The summed E-state index contributed by atoms with van der Waals surface area (Å²) in [5.41, 5.74) is 4.55. The number of hydrogen-bond donors (Lipinski definition) is 2. The first-order valence-electron chi connectivity index (χ1n) is 12.1. The molecule has 0 radical (unpaired) electrons. The zero-order valence-corrected chi connectivity index (χ0v) is 20.6. The van der Waals surface area contributed by atoms with Crippen molar-refractivity contribution in [2.75, 3.05) is 31.6 Å². The van der Waals surface area contributed by atoms with Crippen molar-refractivity contribution in [3.8, 4) is 11.1 Å². The molecular formula is C26H32N6O4. The lowest BCUT2D eigenvalue weighted by atomic mass is 10.00. The van der Waals surface area contributed by atoms with Crippen LogP contribution in [-0.2, 0) is 9.53 Å². The Labute approximate surface area is 210 Å². The number of carbonyl (C=O) groups excluding carboxylic acids is 2. The average Bonchev–Trinajstić information content (AvgIpc) is 3.07. The van der Waals surface area contributed by atoms with E-state index in [1.165, 1.54) is 0 Å². The molecule has 1 amide bonds. The summed E-state index contributed by atoms with van der Waals surface area (Å²) in [5.74, 6) is 4.89. The Balaban J connectivity index is 1.91. The van der Waals surface area contributed by atoms with Crippen LogP contribution >= 0.6 is 0 Å². The lowest BCUT2D eigenvalue weighted by molar-refractivity contribution is -0.127. The van der Waals surface area contributed by atoms with Crippen LogP contribution in [0.2, 0.25) is 0 Å². The molecule has 190 valence electrons. The molecular weight excluding hydrogens is 460 g/mol. The Bertz CT molecular complexity index is 1130. The monoisotopic (exact) mass is 492 g/mol. The number of rotatable bonds is 11. The van der Waals surface area contributed by atoms with Crippen molar-refractivity contribution >= 4 is 23.6 Å². The van der Waals surface area contributed by atoms with Crippen LogP contribution in [0.15, 0.2) is 63.6 Å². The molecule has 10 nitrogen and oxygen atoms in total. The van der Waals surface area contributed by atoms with Crippen LogP contribution < -0.4 is 11.2 Å². The maximum absolute atomic E-state index is 13.4. The van der Waals surface area contributed by atoms with Crippen LogP contribution in [0, 0.1) is 4.91 Å². The predicted octanol–water partition coefficient (Wildman–Crippen LogP) is 4.78. The Morgan fingerprint density at radius 1 is 1.11 bits per heavy atom. The quantitative estimate of drug-likeness (QED) is 0.116. The normalized spacial score (nSPS) is 14.8. The highest BCUT2D eigenvalue weighted by Crippen LogP contribution is 2.32. The zero-order chi connectivity index (χ0) is 25.9. The minimum absolute atomic E-state index is 0.103. The number of ether oxygens (including phenoxy) is 1. The number of amides is 1. The highest BCUT2D eigenvalue weighted by atomic mass is 16.5. The SMILES string of the molecule is CCCN(CCCN=O)C(=O)C1=Cc2ccc(-c3ccc(C(=O)OCC)cc3)cc2NC(N=NN)C1. The number of nitrogens with two attached hydrogens (primary N) is 1. The van der Waals surface area contributed by atoms with Gasteiger partial charge in [0, 0.05) is 30.8 Å². The molecule has 0 bridgehead atoms. The summed E-state index contributed by atoms with van der Waals surface area (Å²) in [6, 6.07) is 13.1. The smallest absolute Gasteiger partial charge is 0.338 e. The van der Waals surface area contributed by atoms with Gasteiger partial charge in [0.1, 0.15) is 6.17 Å². The molecule has 1 aliphatic heterocycles. The maximum Gasteiger partial charge on any atom is 0.338 e. The van der Waals surface area contributed by atoms with Crippen LogP contribution in [0.1, 0.15) is 49.0 Å². The zero-order valence-electron chi connectivity index (χ0n) is 20.6. The molecule has 3 rings (SSSR count). The van der Waals surface area contributed by atoms with Gasteiger partial charge in [-0.25, -0.2) is 4.79 Å². The summed E-state index contributed by atoms with van der Waals surface area (Å²) in [6.07, 6.45) is 2.97. The molecule has 0 fully saturated rings. The number of fused-ring (bicyclic) bond motifs is 1. The van der Waals surface area contributed by atoms with E-state index in [2.05, 4.69) is 20.8 Å². The maximum atomic E-state index is 13.4. The Morgan fingerprint density at radius 3 is 2.53 bits per heavy atom. The fourth-order valence-electron chi connectivity index (χ4n) is 4.10. The first-order valence-corrected chi connectivity index (χ1v) is 12.1. The van der Waals surface area contributed by atoms with E-state index in [0.717, 1.165) is 28.8 Å². The number of hydrogen-bond acceptors (Lipinski definition) is 8. The fraction of sp³-hybridized carbons (Fsp3) is 0.385. The Hall–Kier alpha value is -4.08. The minimum Gasteiger partial charge on any atom is -0.462 e. The van der Waals surface area contributed by atoms with Crippen molar-refractivity contribution in [2.45, 2.75) is 39.3 Å². The van der Waals surface area contributed by atoms with Crippen LogP contribution in [0.5, 0.6) is 0 Å². The van der Waals surface area contributed by atoms with Crippen molar-refractivity contribution in [3.05, 3.63) is 64.1 Å². The van der Waals surface area contributed by atoms with Crippen molar-refractivity contribution in [1.29, 1.82) is 0 Å². The van der Waals surface area contributed by atoms with Gasteiger partial charge in [0.15, 0.2) is 0 Å². The van der Waals surface area contributed by atoms with E-state index < -0.39 is 6.17 Å². The third-order valence-corrected chi connectivity index (χ3v) is 5.79. The van der Waals surface area contributed by atoms with Crippen LogP contribution in [0.3, 0.4) is 0 Å². The lowest BCUT2D eigenvalue weighted by Gasteiger charge is -2.23. The fourth-order valence-corrected chi connectivity index (χ4v) is 4.10. The molecule has 36 heavy (non-hydrogen) atoms. The molecule has 0 aliphatic carbocycles. The number of anilines is 1. The molecule has 0 spiro atoms. The van der Waals surface area contributed by atoms with E-state index in [1.807, 2.05) is 43.3 Å². The van der Waals surface area contributed by atoms with Gasteiger partial charge in [-0.1, -0.05) is 41.6 Å². The molecule has 0 saturated heterocycles. The topological polar surface area (TPSA) is 139 Å². The lowest BCUT2D eigenvalue weighted by Crippen LogP contribution is -2.35. The van der Waals surface area contributed by atoms with Gasteiger partial charge < -0.3 is 20.8 Å². The van der Waals surface area contributed by atoms with Gasteiger partial charge in [0.2, 0.25) is 5.91 Å². The van der Waals surface area contributed by atoms with Gasteiger partial charge in [-0.15, -0.1) is 5.11 Å². The Morgan fingerprint density at radius 2 is 1.86 bits per heavy atom. The van der Waals surface area contributed by atoms with Gasteiger partial charge in [-0.05, 0) is 60.7 Å². The first kappa shape index (κ1) is 26.5. The van der Waals surface area contributed by atoms with E-state index >= 15 is 0 Å². The van der Waals surface area contributed by atoms with Crippen LogP contribution in [-0.4, -0.2) is 49.2 Å². The van der Waals surface area contributed by atoms with Gasteiger partial charge >= 0.3 is 5.97 Å². The largest absolute Gasteiger partial charge is 0.462 e. The third-order valence-electron chi connectivity index (χ3n) is 5.79. The van der Waals surface area contributed by atoms with Gasteiger partial charge in [-0.2, -0.15) is 4.91 Å². The van der Waals surface area contributed by atoms with E-state index in [1.54, 1.807) is 24.0 Å². The summed E-state index contributed by atoms with van der Waals surface area (Å²) >= 11 is 0. The molecule has 1 aliphatic rings. The molecule has 2 aromatic rings. The van der Waals surface area contributed by atoms with E-state index in [9.17, 15) is 14.5 Å². The molecule has 1 atom stereocenters. The number of benzene rings is 2. The van der Waals surface area contributed by atoms with E-state index in [0.29, 0.717) is 43.7 Å². The molecule has 0 saturated carbocycles. The molecule has 1 unspecified atom stereocenters. The molecule has 1 heterocycles. The Kier molecular flexibility index (Phi) is 9.67. The highest BCUT2D eigenvalue weighted by Gasteiger charge is 2.25. The second kappa shape index (κ2) is 13.1. The molecule has 3 N–H and O–H groups in total. The second-order valence-electron chi connectivity index (χ2n) is 8.36. The summed E-state index contributed by atoms with van der Waals surface area (Å²) in [6.45, 7) is 5.31. The van der Waals surface area contributed by atoms with Gasteiger partial charge in [-0.3, -0.25) is 4.79 Å².